The number of benzene rings is 4. The highest BCUT2D eigenvalue weighted by Gasteiger charge is 2.39. The van der Waals surface area contributed by atoms with E-state index in [4.69, 9.17) is 14.6 Å². The number of nitrogens with one attached hydrogen (secondary N) is 1. The van der Waals surface area contributed by atoms with Crippen LogP contribution in [-0.2, 0) is 16.9 Å². The number of aromatic nitrogens is 4. The lowest BCUT2D eigenvalue weighted by Gasteiger charge is -2.37. The van der Waals surface area contributed by atoms with E-state index in [9.17, 15) is 9.18 Å². The predicted molar refractivity (Wildman–Crippen MR) is 183 cm³/mol. The lowest BCUT2D eigenvalue weighted by atomic mass is 9.77. The summed E-state index contributed by atoms with van der Waals surface area (Å²) < 4.78 is 21.0. The molecule has 4 aromatic carbocycles. The number of ether oxygens (including phenoxy) is 1. The van der Waals surface area contributed by atoms with Gasteiger partial charge >= 0.3 is 0 Å². The van der Waals surface area contributed by atoms with Gasteiger partial charge in [-0.15, -0.1) is 0 Å². The van der Waals surface area contributed by atoms with Gasteiger partial charge in [-0.1, -0.05) is 102 Å². The predicted octanol–water partition coefficient (Wildman–Crippen LogP) is 6.77. The van der Waals surface area contributed by atoms with E-state index in [1.54, 1.807) is 25.1 Å². The molecular weight excluding hydrogens is 619 g/mol. The van der Waals surface area contributed by atoms with Crippen molar-refractivity contribution < 1.29 is 18.8 Å². The Morgan fingerprint density at radius 1 is 0.918 bits per heavy atom. The molecule has 244 valence electrons. The van der Waals surface area contributed by atoms with Crippen LogP contribution in [0.1, 0.15) is 62.5 Å². The lowest BCUT2D eigenvalue weighted by molar-refractivity contribution is 0.0827. The second kappa shape index (κ2) is 13.5. The van der Waals surface area contributed by atoms with Crippen molar-refractivity contribution in [1.29, 1.82) is 0 Å². The van der Waals surface area contributed by atoms with Gasteiger partial charge in [0, 0.05) is 19.2 Å². The minimum atomic E-state index is -0.706. The summed E-state index contributed by atoms with van der Waals surface area (Å²) >= 11 is 0. The average molecular weight is 653 g/mol. The molecule has 0 unspecified atom stereocenters. The van der Waals surface area contributed by atoms with E-state index in [2.05, 4.69) is 61.4 Å². The van der Waals surface area contributed by atoms with Gasteiger partial charge in [-0.2, -0.15) is 0 Å². The van der Waals surface area contributed by atoms with E-state index in [-0.39, 0.29) is 18.0 Å². The number of imidazole rings is 1. The number of oxime groups is 1. The molecule has 7 rings (SSSR count). The highest BCUT2D eigenvalue weighted by molar-refractivity contribution is 6.02. The van der Waals surface area contributed by atoms with Gasteiger partial charge in [-0.25, -0.2) is 19.3 Å². The largest absolute Gasteiger partial charge is 0.494 e. The summed E-state index contributed by atoms with van der Waals surface area (Å²) in [4.78, 5) is 32.8. The maximum absolute atomic E-state index is 13.8. The molecule has 49 heavy (non-hydrogen) atoms. The Morgan fingerprint density at radius 3 is 2.16 bits per heavy atom. The summed E-state index contributed by atoms with van der Waals surface area (Å²) in [7, 11) is 1.39. The van der Waals surface area contributed by atoms with E-state index < -0.39 is 23.4 Å². The Hall–Kier alpha value is -6.16. The molecule has 0 saturated heterocycles. The van der Waals surface area contributed by atoms with Crippen LogP contribution >= 0.6 is 0 Å². The molecule has 10 heteroatoms. The highest BCUT2D eigenvalue weighted by Crippen LogP contribution is 2.41. The van der Waals surface area contributed by atoms with Crippen LogP contribution in [0.3, 0.4) is 0 Å². The fraction of sp³-hybridized carbons (Fsp3) is 0.154. The van der Waals surface area contributed by atoms with Gasteiger partial charge in [-0.3, -0.25) is 4.79 Å². The molecule has 2 aromatic heterocycles. The van der Waals surface area contributed by atoms with Gasteiger partial charge in [0.05, 0.1) is 19.1 Å². The van der Waals surface area contributed by atoms with Crippen molar-refractivity contribution in [2.45, 2.75) is 31.5 Å². The molecule has 0 spiro atoms. The zero-order chi connectivity index (χ0) is 33.8. The first kappa shape index (κ1) is 31.4. The maximum Gasteiger partial charge on any atom is 0.270 e. The number of amides is 1. The number of hydrogen-bond acceptors (Lipinski definition) is 7. The summed E-state index contributed by atoms with van der Waals surface area (Å²) in [5.74, 6) is -0.346. The molecule has 1 N–H and O–H groups in total. The van der Waals surface area contributed by atoms with Crippen molar-refractivity contribution in [1.82, 2.24) is 24.8 Å². The van der Waals surface area contributed by atoms with Crippen molar-refractivity contribution in [3.63, 3.8) is 0 Å². The Labute approximate surface area is 283 Å². The van der Waals surface area contributed by atoms with Gasteiger partial charge in [0.1, 0.15) is 28.5 Å². The summed E-state index contributed by atoms with van der Waals surface area (Å²) in [6, 6.07) is 37.2. The summed E-state index contributed by atoms with van der Waals surface area (Å²) in [5.41, 5.74) is 5.21. The van der Waals surface area contributed by atoms with Crippen LogP contribution in [0.5, 0.6) is 5.75 Å². The monoisotopic (exact) mass is 652 g/mol. The normalized spacial score (nSPS) is 14.2. The molecule has 1 amide bonds. The van der Waals surface area contributed by atoms with Gasteiger partial charge in [-0.05, 0) is 47.4 Å². The summed E-state index contributed by atoms with van der Waals surface area (Å²) in [5, 5.41) is 7.20. The van der Waals surface area contributed by atoms with Crippen molar-refractivity contribution in [2.24, 2.45) is 5.16 Å². The third kappa shape index (κ3) is 6.16. The van der Waals surface area contributed by atoms with Crippen molar-refractivity contribution in [2.75, 3.05) is 7.11 Å². The molecule has 0 radical (unpaired) electrons. The number of rotatable bonds is 10. The number of aryl methyl sites for hydroxylation is 1. The van der Waals surface area contributed by atoms with Crippen LogP contribution in [0.4, 0.5) is 4.39 Å². The molecule has 0 fully saturated rings. The quantitative estimate of drug-likeness (QED) is 0.164. The zero-order valence-corrected chi connectivity index (χ0v) is 27.0. The van der Waals surface area contributed by atoms with Crippen LogP contribution in [0.15, 0.2) is 133 Å². The lowest BCUT2D eigenvalue weighted by Crippen LogP contribution is -2.37. The van der Waals surface area contributed by atoms with Crippen molar-refractivity contribution in [3.05, 3.63) is 179 Å². The first-order chi connectivity index (χ1) is 23.9. The second-order valence-electron chi connectivity index (χ2n) is 11.7. The molecule has 3 heterocycles. The SMILES string of the molecule is COc1cc(CNC(=O)c2cc(C3=NO[C@H](c4cn(C(c5ccccc5)(c5ccccc5)c5ccccc5)cn4)C3)nc(C)n2)ccc1F. The molecular formula is C39H33FN6O3. The van der Waals surface area contributed by atoms with Gasteiger partial charge in [0.15, 0.2) is 17.7 Å². The smallest absolute Gasteiger partial charge is 0.270 e. The molecule has 1 aliphatic rings. The first-order valence-electron chi connectivity index (χ1n) is 15.9. The molecule has 1 atom stereocenters. The number of hydrogen-bond donors (Lipinski definition) is 1. The third-order valence-electron chi connectivity index (χ3n) is 8.60. The van der Waals surface area contributed by atoms with Gasteiger partial charge < -0.3 is 19.5 Å². The van der Waals surface area contributed by atoms with E-state index in [0.717, 1.165) is 16.7 Å². The van der Waals surface area contributed by atoms with Gasteiger partial charge in [0.25, 0.3) is 5.91 Å². The highest BCUT2D eigenvalue weighted by atomic mass is 19.1. The molecule has 9 nitrogen and oxygen atoms in total. The second-order valence-corrected chi connectivity index (χ2v) is 11.7. The molecule has 1 aliphatic heterocycles. The van der Waals surface area contributed by atoms with E-state index in [0.29, 0.717) is 34.9 Å². The Kier molecular flexibility index (Phi) is 8.68. The van der Waals surface area contributed by atoms with E-state index in [1.807, 2.05) is 67.1 Å². The van der Waals surface area contributed by atoms with Gasteiger partial charge in [0.2, 0.25) is 0 Å². The molecule has 0 bridgehead atoms. The number of nitrogens with zero attached hydrogens (tertiary/aromatic N) is 5. The third-order valence-corrected chi connectivity index (χ3v) is 8.60. The Balaban J connectivity index is 1.15. The zero-order valence-electron chi connectivity index (χ0n) is 27.0. The minimum absolute atomic E-state index is 0.108. The number of methoxy groups -OCH3 is 1. The topological polar surface area (TPSA) is 104 Å². The Bertz CT molecular complexity index is 2020. The first-order valence-corrected chi connectivity index (χ1v) is 15.9. The van der Waals surface area contributed by atoms with E-state index in [1.165, 1.54) is 13.2 Å². The Morgan fingerprint density at radius 2 is 1.55 bits per heavy atom. The maximum atomic E-state index is 13.8. The molecule has 6 aromatic rings. The fourth-order valence-electron chi connectivity index (χ4n) is 6.28. The number of carbonyl (C=O) groups is 1. The molecule has 0 saturated carbocycles. The fourth-order valence-corrected chi connectivity index (χ4v) is 6.28. The average Bonchev–Trinajstić information content (AvgIpc) is 3.84. The van der Waals surface area contributed by atoms with Crippen LogP contribution in [0.2, 0.25) is 0 Å². The van der Waals surface area contributed by atoms with E-state index >= 15 is 0 Å². The summed E-state index contributed by atoms with van der Waals surface area (Å²) in [6.45, 7) is 1.88. The summed E-state index contributed by atoms with van der Waals surface area (Å²) in [6.07, 6.45) is 3.80. The standard InChI is InChI=1S/C39H33FN6O3/c1-26-43-32(21-34(44-26)38(47)41-23-27-18-19-31(40)36(20-27)48-2)33-22-37(49-45-33)35-24-46(25-42-35)39(28-12-6-3-7-13-28,29-14-8-4-9-15-29)30-16-10-5-11-17-30/h3-21,24-25,37H,22-23H2,1-2H3,(H,41,47)/t37-/m0/s1. The van der Waals surface area contributed by atoms with Crippen molar-refractivity contribution >= 4 is 11.6 Å². The van der Waals surface area contributed by atoms with Crippen LogP contribution in [0, 0.1) is 12.7 Å². The van der Waals surface area contributed by atoms with Crippen molar-refractivity contribution in [3.8, 4) is 5.75 Å². The van der Waals surface area contributed by atoms with Crippen LogP contribution in [-0.4, -0.2) is 38.2 Å². The molecule has 0 aliphatic carbocycles. The van der Waals surface area contributed by atoms with Crippen LogP contribution in [0.25, 0.3) is 0 Å². The number of carbonyl (C=O) groups excluding carboxylic acids is 1. The minimum Gasteiger partial charge on any atom is -0.494 e. The number of halogens is 1. The van der Waals surface area contributed by atoms with Crippen LogP contribution < -0.4 is 10.1 Å².